The molecule has 0 aliphatic heterocycles. The Morgan fingerprint density at radius 1 is 0.297 bits per heavy atom. The molecule has 0 atom stereocenters. The summed E-state index contributed by atoms with van der Waals surface area (Å²) in [5.41, 5.74) is 19.3. The zero-order chi connectivity index (χ0) is 45.9. The Morgan fingerprint density at radius 2 is 0.797 bits per heavy atom. The molecule has 0 aliphatic carbocycles. The topological polar surface area (TPSA) is 26.3 Å². The summed E-state index contributed by atoms with van der Waals surface area (Å²) in [6, 6.07) is 47.3. The third-order valence-electron chi connectivity index (χ3n) is 13.3. The smallest absolute Gasteiger partial charge is 0.143 e. The molecule has 2 aromatic heterocycles. The lowest BCUT2D eigenvalue weighted by molar-refractivity contribution is 0.534. The summed E-state index contributed by atoms with van der Waals surface area (Å²) in [7, 11) is 0. The fourth-order valence-corrected chi connectivity index (χ4v) is 10.1. The molecule has 0 aliphatic rings. The van der Waals surface area contributed by atoms with Crippen LogP contribution >= 0.6 is 0 Å². The van der Waals surface area contributed by atoms with Crippen molar-refractivity contribution in [2.24, 2.45) is 0 Å². The van der Waals surface area contributed by atoms with E-state index in [9.17, 15) is 0 Å². The van der Waals surface area contributed by atoms with E-state index < -0.39 is 0 Å². The maximum Gasteiger partial charge on any atom is 0.143 e. The first-order chi connectivity index (χ1) is 29.9. The predicted octanol–water partition coefficient (Wildman–Crippen LogP) is 18.6. The van der Waals surface area contributed by atoms with Crippen molar-refractivity contribution in [2.45, 2.75) is 131 Å². The van der Waals surface area contributed by atoms with E-state index >= 15 is 0 Å². The number of benzene rings is 7. The van der Waals surface area contributed by atoms with E-state index in [-0.39, 0.29) is 27.1 Å². The molecule has 0 radical (unpaired) electrons. The monoisotopic (exact) mass is 843 g/mol. The van der Waals surface area contributed by atoms with Gasteiger partial charge in [-0.1, -0.05) is 201 Å². The zero-order valence-electron chi connectivity index (χ0n) is 40.9. The van der Waals surface area contributed by atoms with Gasteiger partial charge in [-0.25, -0.2) is 0 Å². The summed E-state index contributed by atoms with van der Waals surface area (Å²) in [6.07, 6.45) is 0. The highest BCUT2D eigenvalue weighted by Gasteiger charge is 2.32. The van der Waals surface area contributed by atoms with Crippen molar-refractivity contribution in [3.63, 3.8) is 0 Å². The van der Waals surface area contributed by atoms with Crippen molar-refractivity contribution in [3.8, 4) is 44.5 Å². The molecule has 0 fully saturated rings. The van der Waals surface area contributed by atoms with Gasteiger partial charge in [0.15, 0.2) is 0 Å². The minimum Gasteiger partial charge on any atom is -0.456 e. The Morgan fingerprint density at radius 3 is 1.36 bits per heavy atom. The molecule has 9 aromatic rings. The molecule has 2 nitrogen and oxygen atoms in total. The van der Waals surface area contributed by atoms with Crippen molar-refractivity contribution in [1.29, 1.82) is 0 Å². The molecule has 0 amide bonds. The van der Waals surface area contributed by atoms with Crippen LogP contribution < -0.4 is 0 Å². The maximum absolute atomic E-state index is 7.23. The molecule has 2 heteroatoms. The van der Waals surface area contributed by atoms with Crippen LogP contribution in [0, 0.1) is 0 Å². The van der Waals surface area contributed by atoms with Crippen LogP contribution in [0.15, 0.2) is 136 Å². The first-order valence-corrected chi connectivity index (χ1v) is 23.3. The summed E-state index contributed by atoms with van der Waals surface area (Å²) in [4.78, 5) is 0. The summed E-state index contributed by atoms with van der Waals surface area (Å²) < 4.78 is 14.0. The van der Waals surface area contributed by atoms with Crippen molar-refractivity contribution >= 4 is 43.9 Å². The Labute approximate surface area is 381 Å². The van der Waals surface area contributed by atoms with E-state index in [4.69, 9.17) is 8.83 Å². The highest BCUT2D eigenvalue weighted by Crippen LogP contribution is 2.51. The Bertz CT molecular complexity index is 3220. The molecule has 64 heavy (non-hydrogen) atoms. The van der Waals surface area contributed by atoms with Crippen LogP contribution in [0.1, 0.15) is 132 Å². The van der Waals surface area contributed by atoms with Gasteiger partial charge >= 0.3 is 0 Å². The number of fused-ring (bicyclic) bond motifs is 6. The van der Waals surface area contributed by atoms with Gasteiger partial charge in [0.1, 0.15) is 22.3 Å². The van der Waals surface area contributed by atoms with Crippen molar-refractivity contribution in [2.75, 3.05) is 0 Å². The van der Waals surface area contributed by atoms with Crippen LogP contribution in [0.2, 0.25) is 0 Å². The van der Waals surface area contributed by atoms with E-state index in [1.54, 1.807) is 0 Å². The SMILES string of the molecule is CC(C)(C)c1cc(-c2cc(-c3cccc(-c4cccc5oc6ccc(C(C)(C)C)c(C(C)(C)C)c6c45)c3)c3oc4cccc(-c5ccccc5)c4c3c2C(C)(C)C)cc(C(C)(C)C)c1. The second kappa shape index (κ2) is 14.8. The molecule has 326 valence electrons. The first kappa shape index (κ1) is 43.4. The number of furan rings is 2. The van der Waals surface area contributed by atoms with Gasteiger partial charge in [0, 0.05) is 27.1 Å². The largest absolute Gasteiger partial charge is 0.456 e. The number of rotatable bonds is 4. The van der Waals surface area contributed by atoms with Crippen LogP contribution in [0.25, 0.3) is 88.4 Å². The van der Waals surface area contributed by atoms with Gasteiger partial charge in [0.05, 0.1) is 0 Å². The Hall–Kier alpha value is -5.86. The second-order valence-electron chi connectivity index (χ2n) is 23.5. The van der Waals surface area contributed by atoms with E-state index in [2.05, 4.69) is 231 Å². The van der Waals surface area contributed by atoms with Crippen LogP contribution in [-0.2, 0) is 27.1 Å². The second-order valence-corrected chi connectivity index (χ2v) is 23.5. The van der Waals surface area contributed by atoms with Gasteiger partial charge in [0.2, 0.25) is 0 Å². The summed E-state index contributed by atoms with van der Waals surface area (Å²) in [5.74, 6) is 0. The van der Waals surface area contributed by atoms with Gasteiger partial charge in [-0.2, -0.15) is 0 Å². The summed E-state index contributed by atoms with van der Waals surface area (Å²) in [5, 5.41) is 4.74. The summed E-state index contributed by atoms with van der Waals surface area (Å²) in [6.45, 7) is 35.0. The lowest BCUT2D eigenvalue weighted by Gasteiger charge is -2.31. The van der Waals surface area contributed by atoms with E-state index in [1.165, 1.54) is 71.8 Å². The van der Waals surface area contributed by atoms with Crippen molar-refractivity contribution < 1.29 is 8.83 Å². The summed E-state index contributed by atoms with van der Waals surface area (Å²) >= 11 is 0. The average molecular weight is 843 g/mol. The highest BCUT2D eigenvalue weighted by molar-refractivity contribution is 6.19. The van der Waals surface area contributed by atoms with Crippen molar-refractivity contribution in [3.05, 3.63) is 155 Å². The fourth-order valence-electron chi connectivity index (χ4n) is 10.1. The van der Waals surface area contributed by atoms with Gasteiger partial charge in [-0.3, -0.25) is 0 Å². The molecule has 0 unspecified atom stereocenters. The van der Waals surface area contributed by atoms with Crippen LogP contribution in [0.3, 0.4) is 0 Å². The zero-order valence-corrected chi connectivity index (χ0v) is 40.9. The normalized spacial score (nSPS) is 13.2. The molecule has 0 bridgehead atoms. The predicted molar refractivity (Wildman–Crippen MR) is 276 cm³/mol. The molecule has 0 saturated heterocycles. The lowest BCUT2D eigenvalue weighted by atomic mass is 9.73. The van der Waals surface area contributed by atoms with Crippen LogP contribution in [-0.4, -0.2) is 0 Å². The fraction of sp³-hybridized carbons (Fsp3) is 0.323. The molecule has 7 aromatic carbocycles. The molecular weight excluding hydrogens is 777 g/mol. The third kappa shape index (κ3) is 7.47. The quantitative estimate of drug-likeness (QED) is 0.176. The van der Waals surface area contributed by atoms with Crippen LogP contribution in [0.5, 0.6) is 0 Å². The maximum atomic E-state index is 7.23. The minimum atomic E-state index is -0.233. The van der Waals surface area contributed by atoms with E-state index in [0.717, 1.165) is 44.4 Å². The van der Waals surface area contributed by atoms with Gasteiger partial charge in [-0.15, -0.1) is 0 Å². The molecule has 0 N–H and O–H groups in total. The van der Waals surface area contributed by atoms with E-state index in [1.807, 2.05) is 0 Å². The number of hydrogen-bond donors (Lipinski definition) is 0. The Kier molecular flexibility index (Phi) is 10.1. The molecule has 2 heterocycles. The van der Waals surface area contributed by atoms with Crippen LogP contribution in [0.4, 0.5) is 0 Å². The standard InChI is InChI=1S/C62H66O2/c1-58(2,3)41-33-40(34-42(35-41)59(4,5)6)45-36-46(57-54(55(45)61(10,11)12)52-43(26-20-29-49(52)64-57)37-22-17-16-18-23-37)39-25-19-24-38(32-39)44-27-21-28-48-51(44)53-50(63-48)31-30-47(60(7,8)9)56(53)62(13,14)15/h16-36H,1-15H3. The van der Waals surface area contributed by atoms with E-state index in [0.29, 0.717) is 0 Å². The first-order valence-electron chi connectivity index (χ1n) is 23.3. The molecule has 9 rings (SSSR count). The minimum absolute atomic E-state index is 0.0371. The molecular formula is C62H66O2. The highest BCUT2D eigenvalue weighted by atomic mass is 16.3. The van der Waals surface area contributed by atoms with Crippen molar-refractivity contribution in [1.82, 2.24) is 0 Å². The average Bonchev–Trinajstić information content (AvgIpc) is 3.80. The molecule has 0 saturated carbocycles. The van der Waals surface area contributed by atoms with Gasteiger partial charge in [-0.05, 0) is 124 Å². The van der Waals surface area contributed by atoms with Gasteiger partial charge in [0.25, 0.3) is 0 Å². The Balaban J connectivity index is 1.41. The third-order valence-corrected chi connectivity index (χ3v) is 13.3. The van der Waals surface area contributed by atoms with Gasteiger partial charge < -0.3 is 8.83 Å². The molecule has 0 spiro atoms. The lowest BCUT2D eigenvalue weighted by Crippen LogP contribution is -2.22. The number of hydrogen-bond acceptors (Lipinski definition) is 2.